The van der Waals surface area contributed by atoms with Crippen molar-refractivity contribution in [3.63, 3.8) is 0 Å². The lowest BCUT2D eigenvalue weighted by Gasteiger charge is -2.18. The number of hydroxylamine groups is 1. The molecule has 0 aromatic heterocycles. The largest absolute Gasteiger partial charge is 0.388 e. The van der Waals surface area contributed by atoms with Gasteiger partial charge in [0.15, 0.2) is 11.6 Å². The molecule has 2 aromatic rings. The zero-order valence-electron chi connectivity index (χ0n) is 14.2. The predicted molar refractivity (Wildman–Crippen MR) is 111 cm³/mol. The average molecular weight is 576 g/mol. The third-order valence-electron chi connectivity index (χ3n) is 3.19. The first-order chi connectivity index (χ1) is 12.5. The molecule has 146 valence electrons. The van der Waals surface area contributed by atoms with Crippen LogP contribution < -0.4 is 10.8 Å². The van der Waals surface area contributed by atoms with E-state index in [1.54, 1.807) is 18.2 Å². The molecule has 3 N–H and O–H groups in total. The Kier molecular flexibility index (Phi) is 7.42. The normalized spacial score (nSPS) is 11.4. The number of hydrogen-bond acceptors (Lipinski definition) is 4. The molecule has 0 bridgehead atoms. The van der Waals surface area contributed by atoms with E-state index in [4.69, 9.17) is 16.4 Å². The van der Waals surface area contributed by atoms with Crippen molar-refractivity contribution in [2.75, 3.05) is 11.9 Å². The maximum Gasteiger partial charge on any atom is 0.277 e. The molecular formula is C17H15BrClF2IN2O3. The summed E-state index contributed by atoms with van der Waals surface area (Å²) in [4.78, 5) is 17.3. The van der Waals surface area contributed by atoms with Gasteiger partial charge in [0.25, 0.3) is 5.91 Å². The van der Waals surface area contributed by atoms with Gasteiger partial charge in [-0.1, -0.05) is 11.6 Å². The van der Waals surface area contributed by atoms with E-state index < -0.39 is 28.8 Å². The molecular weight excluding hydrogens is 560 g/mol. The predicted octanol–water partition coefficient (Wildman–Crippen LogP) is 5.16. The highest BCUT2D eigenvalue weighted by Crippen LogP contribution is 2.34. The Morgan fingerprint density at radius 2 is 2.00 bits per heavy atom. The van der Waals surface area contributed by atoms with Crippen molar-refractivity contribution in [2.24, 2.45) is 0 Å². The molecule has 0 unspecified atom stereocenters. The Bertz CT molecular complexity index is 878. The second kappa shape index (κ2) is 8.99. The number of carbonyl (C=O) groups excluding carboxylic acids is 1. The first-order valence-electron chi connectivity index (χ1n) is 7.53. The SMILES string of the molecule is CC(C)(O)CONC(=O)c1cc(Br)c(F)c(F)c1Nc1ccc(I)cc1Cl. The van der Waals surface area contributed by atoms with Gasteiger partial charge in [-0.05, 0) is 76.6 Å². The first-order valence-corrected chi connectivity index (χ1v) is 9.78. The highest BCUT2D eigenvalue weighted by molar-refractivity contribution is 14.1. The van der Waals surface area contributed by atoms with Crippen LogP contribution in [-0.4, -0.2) is 23.2 Å². The van der Waals surface area contributed by atoms with Crippen LogP contribution in [0.1, 0.15) is 24.2 Å². The zero-order valence-corrected chi connectivity index (χ0v) is 18.7. The van der Waals surface area contributed by atoms with Gasteiger partial charge in [0.2, 0.25) is 0 Å². The highest BCUT2D eigenvalue weighted by Gasteiger charge is 2.23. The standard InChI is InChI=1S/C17H15BrClF2IN2O3/c1-17(2,26)7-27-24-16(25)9-6-10(18)13(20)14(21)15(9)23-12-4-3-8(22)5-11(12)19/h3-6,23,26H,7H2,1-2H3,(H,24,25). The molecule has 0 heterocycles. The maximum absolute atomic E-state index is 14.5. The maximum atomic E-state index is 14.5. The number of anilines is 2. The summed E-state index contributed by atoms with van der Waals surface area (Å²) in [6.07, 6.45) is 0. The van der Waals surface area contributed by atoms with Gasteiger partial charge in [0.1, 0.15) is 6.61 Å². The summed E-state index contributed by atoms with van der Waals surface area (Å²) in [7, 11) is 0. The van der Waals surface area contributed by atoms with E-state index in [1.807, 2.05) is 0 Å². The molecule has 0 atom stereocenters. The van der Waals surface area contributed by atoms with Gasteiger partial charge in [-0.2, -0.15) is 0 Å². The molecule has 1 amide bonds. The van der Waals surface area contributed by atoms with E-state index in [1.165, 1.54) is 13.8 Å². The van der Waals surface area contributed by atoms with Crippen molar-refractivity contribution >= 4 is 67.4 Å². The van der Waals surface area contributed by atoms with Gasteiger partial charge in [0, 0.05) is 3.57 Å². The van der Waals surface area contributed by atoms with Gasteiger partial charge >= 0.3 is 0 Å². The summed E-state index contributed by atoms with van der Waals surface area (Å²) in [5.41, 5.74) is 0.593. The minimum Gasteiger partial charge on any atom is -0.388 e. The average Bonchev–Trinajstić information content (AvgIpc) is 2.55. The topological polar surface area (TPSA) is 70.6 Å². The van der Waals surface area contributed by atoms with Crippen molar-refractivity contribution < 1.29 is 23.5 Å². The lowest BCUT2D eigenvalue weighted by atomic mass is 10.1. The van der Waals surface area contributed by atoms with Crippen molar-refractivity contribution in [1.29, 1.82) is 0 Å². The van der Waals surface area contributed by atoms with Crippen LogP contribution in [0.15, 0.2) is 28.7 Å². The fraction of sp³-hybridized carbons (Fsp3) is 0.235. The van der Waals surface area contributed by atoms with Crippen molar-refractivity contribution in [2.45, 2.75) is 19.4 Å². The van der Waals surface area contributed by atoms with Gasteiger partial charge in [-0.25, -0.2) is 14.3 Å². The summed E-state index contributed by atoms with van der Waals surface area (Å²) in [5, 5.41) is 12.5. The Morgan fingerprint density at radius 3 is 2.59 bits per heavy atom. The Morgan fingerprint density at radius 1 is 1.33 bits per heavy atom. The van der Waals surface area contributed by atoms with Gasteiger partial charge in [-0.15, -0.1) is 0 Å². The minimum absolute atomic E-state index is 0.199. The summed E-state index contributed by atoms with van der Waals surface area (Å²) >= 11 is 11.1. The number of halogens is 5. The number of aliphatic hydroxyl groups is 1. The van der Waals surface area contributed by atoms with Gasteiger partial charge in [0.05, 0.1) is 32.0 Å². The van der Waals surface area contributed by atoms with E-state index >= 15 is 0 Å². The Labute approximate surface area is 181 Å². The second-order valence-electron chi connectivity index (χ2n) is 6.19. The van der Waals surface area contributed by atoms with Crippen LogP contribution in [0.3, 0.4) is 0 Å². The van der Waals surface area contributed by atoms with Crippen LogP contribution in [0.2, 0.25) is 5.02 Å². The van der Waals surface area contributed by atoms with Crippen molar-refractivity contribution in [3.8, 4) is 0 Å². The van der Waals surface area contributed by atoms with Gasteiger partial charge in [-0.3, -0.25) is 9.63 Å². The zero-order chi connectivity index (χ0) is 20.4. The molecule has 10 heteroatoms. The molecule has 0 saturated heterocycles. The molecule has 0 saturated carbocycles. The lowest BCUT2D eigenvalue weighted by molar-refractivity contribution is -0.0522. The number of carbonyl (C=O) groups is 1. The highest BCUT2D eigenvalue weighted by atomic mass is 127. The molecule has 2 aromatic carbocycles. The molecule has 27 heavy (non-hydrogen) atoms. The minimum atomic E-state index is -1.26. The fourth-order valence-electron chi connectivity index (χ4n) is 1.96. The molecule has 0 aliphatic carbocycles. The number of amides is 1. The number of nitrogens with one attached hydrogen (secondary N) is 2. The van der Waals surface area contributed by atoms with E-state index in [0.29, 0.717) is 5.69 Å². The van der Waals surface area contributed by atoms with Crippen LogP contribution in [0.4, 0.5) is 20.2 Å². The summed E-state index contributed by atoms with van der Waals surface area (Å²) < 4.78 is 29.2. The molecule has 0 aliphatic heterocycles. The van der Waals surface area contributed by atoms with Crippen LogP contribution in [0, 0.1) is 15.2 Å². The lowest BCUT2D eigenvalue weighted by Crippen LogP contribution is -2.33. The Balaban J connectivity index is 2.37. The summed E-state index contributed by atoms with van der Waals surface area (Å²) in [5.74, 6) is -3.25. The molecule has 0 radical (unpaired) electrons. The third kappa shape index (κ3) is 5.98. The van der Waals surface area contributed by atoms with Crippen molar-refractivity contribution in [3.05, 3.63) is 54.5 Å². The van der Waals surface area contributed by atoms with Crippen molar-refractivity contribution in [1.82, 2.24) is 5.48 Å². The Hall–Kier alpha value is -1.01. The van der Waals surface area contributed by atoms with Crippen LogP contribution in [0.5, 0.6) is 0 Å². The molecule has 0 aliphatic rings. The monoisotopic (exact) mass is 574 g/mol. The second-order valence-corrected chi connectivity index (χ2v) is 8.70. The summed E-state index contributed by atoms with van der Waals surface area (Å²) in [6, 6.07) is 6.04. The molecule has 5 nitrogen and oxygen atoms in total. The number of benzene rings is 2. The van der Waals surface area contributed by atoms with E-state index in [2.05, 4.69) is 49.3 Å². The van der Waals surface area contributed by atoms with E-state index in [9.17, 15) is 18.7 Å². The smallest absolute Gasteiger partial charge is 0.277 e. The van der Waals surface area contributed by atoms with Crippen LogP contribution >= 0.6 is 50.1 Å². The quantitative estimate of drug-likeness (QED) is 0.253. The number of hydrogen-bond donors (Lipinski definition) is 3. The fourth-order valence-corrected chi connectivity index (χ4v) is 3.26. The number of rotatable bonds is 6. The summed E-state index contributed by atoms with van der Waals surface area (Å²) in [6.45, 7) is 2.77. The third-order valence-corrected chi connectivity index (χ3v) is 4.75. The van der Waals surface area contributed by atoms with E-state index in [0.717, 1.165) is 9.64 Å². The van der Waals surface area contributed by atoms with Gasteiger partial charge < -0.3 is 10.4 Å². The molecule has 2 rings (SSSR count). The molecule has 0 spiro atoms. The van der Waals surface area contributed by atoms with E-state index in [-0.39, 0.29) is 21.7 Å². The van der Waals surface area contributed by atoms with Crippen LogP contribution in [-0.2, 0) is 4.84 Å². The first kappa shape index (κ1) is 22.3. The molecule has 0 fully saturated rings. The van der Waals surface area contributed by atoms with Crippen LogP contribution in [0.25, 0.3) is 0 Å².